The van der Waals surface area contributed by atoms with Crippen LogP contribution in [0.3, 0.4) is 0 Å². The normalized spacial score (nSPS) is 12.6. The van der Waals surface area contributed by atoms with Crippen molar-refractivity contribution in [2.24, 2.45) is 0 Å². The molecule has 0 heterocycles. The van der Waals surface area contributed by atoms with Crippen molar-refractivity contribution in [2.75, 3.05) is 13.6 Å². The molecule has 0 radical (unpaired) electrons. The fourth-order valence-corrected chi connectivity index (χ4v) is 1.36. The molecule has 1 N–H and O–H groups in total. The summed E-state index contributed by atoms with van der Waals surface area (Å²) in [5.74, 6) is 2.59. The van der Waals surface area contributed by atoms with Crippen molar-refractivity contribution in [3.8, 4) is 12.3 Å². The molecule has 0 rings (SSSR count). The largest absolute Gasteiger partial charge is 0.319 e. The van der Waals surface area contributed by atoms with Crippen LogP contribution in [0.25, 0.3) is 0 Å². The van der Waals surface area contributed by atoms with Crippen molar-refractivity contribution in [1.29, 1.82) is 0 Å². The van der Waals surface area contributed by atoms with Gasteiger partial charge < -0.3 is 5.32 Å². The van der Waals surface area contributed by atoms with E-state index in [0.717, 1.165) is 13.0 Å². The molecule has 0 saturated carbocycles. The van der Waals surface area contributed by atoms with Gasteiger partial charge >= 0.3 is 0 Å². The van der Waals surface area contributed by atoms with Crippen LogP contribution < -0.4 is 5.32 Å². The first-order valence-electron chi connectivity index (χ1n) is 2.73. The van der Waals surface area contributed by atoms with Crippen LogP contribution in [0.2, 0.25) is 0 Å². The Bertz CT molecular complexity index is 97.7. The predicted octanol–water partition coefficient (Wildman–Crippen LogP) is 1.18. The average molecular weight is 161 g/mol. The first-order chi connectivity index (χ1) is 4.35. The molecule has 0 spiro atoms. The summed E-state index contributed by atoms with van der Waals surface area (Å²) in [4.78, 5) is 0. The van der Waals surface area contributed by atoms with Gasteiger partial charge in [0.25, 0.3) is 0 Å². The summed E-state index contributed by atoms with van der Waals surface area (Å²) in [6, 6.07) is 0. The highest BCUT2D eigenvalue weighted by Gasteiger charge is 2.02. The zero-order valence-corrected chi connectivity index (χ0v) is 7.14. The molecule has 0 amide bonds. The lowest BCUT2D eigenvalue weighted by Gasteiger charge is -2.07. The van der Waals surface area contributed by atoms with Gasteiger partial charge in [-0.1, -0.05) is 10.8 Å². The number of nitrogens with one attached hydrogen (secondary N) is 1. The molecule has 9 heavy (non-hydrogen) atoms. The van der Waals surface area contributed by atoms with Gasteiger partial charge in [-0.15, -0.1) is 24.0 Å². The molecule has 0 aromatic heterocycles. The van der Waals surface area contributed by atoms with Gasteiger partial charge in [0.1, 0.15) is 0 Å². The van der Waals surface area contributed by atoms with E-state index in [9.17, 15) is 0 Å². The van der Waals surface area contributed by atoms with Gasteiger partial charge in [-0.25, -0.2) is 0 Å². The monoisotopic (exact) mass is 161 g/mol. The molecule has 0 aliphatic rings. The van der Waals surface area contributed by atoms with Crippen molar-refractivity contribution < 1.29 is 0 Å². The lowest BCUT2D eigenvalue weighted by molar-refractivity contribution is 0.760. The Morgan fingerprint density at radius 2 is 2.56 bits per heavy atom. The molecule has 0 aliphatic heterocycles. The maximum Gasteiger partial charge on any atom is 0.0382 e. The fourth-order valence-electron chi connectivity index (χ4n) is 0.506. The minimum atomic E-state index is 0.448. The molecule has 0 aromatic rings. The molecule has 1 unspecified atom stereocenters. The first kappa shape index (κ1) is 9.22. The van der Waals surface area contributed by atoms with Gasteiger partial charge in [0.15, 0.2) is 0 Å². The summed E-state index contributed by atoms with van der Waals surface area (Å²) < 4.78 is 0. The van der Waals surface area contributed by atoms with Crippen molar-refractivity contribution in [2.45, 2.75) is 11.7 Å². The minimum absolute atomic E-state index is 0.448. The van der Waals surface area contributed by atoms with Crippen molar-refractivity contribution in [3.05, 3.63) is 0 Å². The van der Waals surface area contributed by atoms with Crippen LogP contribution in [0.15, 0.2) is 0 Å². The van der Waals surface area contributed by atoms with E-state index in [1.165, 1.54) is 10.8 Å². The third-order valence-corrected chi connectivity index (χ3v) is 2.45. The van der Waals surface area contributed by atoms with Gasteiger partial charge in [0, 0.05) is 18.2 Å². The molecular weight excluding hydrogens is 150 g/mol. The molecule has 0 saturated heterocycles. The number of terminal acetylenes is 1. The smallest absolute Gasteiger partial charge is 0.0382 e. The molecule has 52 valence electrons. The van der Waals surface area contributed by atoms with Crippen molar-refractivity contribution in [1.82, 2.24) is 5.32 Å². The Morgan fingerprint density at radius 1 is 1.89 bits per heavy atom. The quantitative estimate of drug-likeness (QED) is 0.365. The number of hydrogen-bond acceptors (Lipinski definition) is 3. The molecule has 3 heteroatoms. The lowest BCUT2D eigenvalue weighted by Crippen LogP contribution is -2.19. The maximum atomic E-state index is 5.11. The number of hydrogen-bond donors (Lipinski definition) is 2. The van der Waals surface area contributed by atoms with E-state index < -0.39 is 0 Å². The Hall–Kier alpha value is 0.220. The van der Waals surface area contributed by atoms with Crippen LogP contribution in [0.5, 0.6) is 0 Å². The van der Waals surface area contributed by atoms with E-state index in [1.54, 1.807) is 0 Å². The summed E-state index contributed by atoms with van der Waals surface area (Å²) in [6.07, 6.45) is 5.90. The topological polar surface area (TPSA) is 12.0 Å². The molecule has 0 bridgehead atoms. The molecular formula is C6H11NS2. The van der Waals surface area contributed by atoms with Crippen LogP contribution in [0.4, 0.5) is 0 Å². The molecule has 0 aliphatic carbocycles. The van der Waals surface area contributed by atoms with E-state index in [2.05, 4.69) is 22.9 Å². The van der Waals surface area contributed by atoms with Crippen molar-refractivity contribution in [3.63, 3.8) is 0 Å². The van der Waals surface area contributed by atoms with Crippen LogP contribution in [0, 0.1) is 12.3 Å². The second kappa shape index (κ2) is 6.34. The van der Waals surface area contributed by atoms with Gasteiger partial charge in [0.05, 0.1) is 0 Å². The molecule has 1 nitrogen and oxygen atoms in total. The molecule has 0 fully saturated rings. The Kier molecular flexibility index (Phi) is 6.50. The van der Waals surface area contributed by atoms with Crippen LogP contribution in [-0.4, -0.2) is 18.8 Å². The highest BCUT2D eigenvalue weighted by molar-refractivity contribution is 8.68. The SMILES string of the molecule is C#CCC(CNC)SS. The summed E-state index contributed by atoms with van der Waals surface area (Å²) in [7, 11) is 3.42. The number of rotatable bonds is 4. The second-order valence-electron chi connectivity index (χ2n) is 1.69. The number of thiol groups is 1. The standard InChI is InChI=1S/C6H11NS2/c1-3-4-6(9-8)5-7-2/h1,6-8H,4-5H2,2H3. The Morgan fingerprint density at radius 3 is 2.89 bits per heavy atom. The van der Waals surface area contributed by atoms with Gasteiger partial charge in [-0.2, -0.15) is 0 Å². The summed E-state index contributed by atoms with van der Waals surface area (Å²) in [5, 5.41) is 3.49. The summed E-state index contributed by atoms with van der Waals surface area (Å²) in [5.41, 5.74) is 0. The summed E-state index contributed by atoms with van der Waals surface area (Å²) in [6.45, 7) is 0.929. The fraction of sp³-hybridized carbons (Fsp3) is 0.667. The van der Waals surface area contributed by atoms with Gasteiger partial charge in [-0.05, 0) is 7.05 Å². The average Bonchev–Trinajstić information content (AvgIpc) is 1.88. The van der Waals surface area contributed by atoms with Gasteiger partial charge in [-0.3, -0.25) is 0 Å². The van der Waals surface area contributed by atoms with E-state index in [0.29, 0.717) is 5.25 Å². The summed E-state index contributed by atoms with van der Waals surface area (Å²) >= 11 is 4.06. The zero-order valence-electron chi connectivity index (χ0n) is 5.42. The minimum Gasteiger partial charge on any atom is -0.319 e. The van der Waals surface area contributed by atoms with Crippen LogP contribution in [-0.2, 0) is 0 Å². The van der Waals surface area contributed by atoms with Crippen LogP contribution >= 0.6 is 22.5 Å². The van der Waals surface area contributed by atoms with E-state index >= 15 is 0 Å². The zero-order chi connectivity index (χ0) is 7.11. The second-order valence-corrected chi connectivity index (χ2v) is 3.20. The first-order valence-corrected chi connectivity index (χ1v) is 4.66. The molecule has 1 atom stereocenters. The highest BCUT2D eigenvalue weighted by Crippen LogP contribution is 2.16. The van der Waals surface area contributed by atoms with Crippen LogP contribution in [0.1, 0.15) is 6.42 Å². The third-order valence-electron chi connectivity index (χ3n) is 0.926. The predicted molar refractivity (Wildman–Crippen MR) is 47.7 cm³/mol. The van der Waals surface area contributed by atoms with E-state index in [4.69, 9.17) is 6.42 Å². The maximum absolute atomic E-state index is 5.11. The van der Waals surface area contributed by atoms with Crippen molar-refractivity contribution >= 4 is 22.5 Å². The lowest BCUT2D eigenvalue weighted by atomic mass is 10.3. The van der Waals surface area contributed by atoms with Gasteiger partial charge in [0.2, 0.25) is 0 Å². The van der Waals surface area contributed by atoms with E-state index in [-0.39, 0.29) is 0 Å². The third kappa shape index (κ3) is 4.71. The Balaban J connectivity index is 3.32. The molecule has 0 aromatic carbocycles. The Labute approximate surface area is 65.8 Å². The highest BCUT2D eigenvalue weighted by atomic mass is 33.1. The van der Waals surface area contributed by atoms with E-state index in [1.807, 2.05) is 7.05 Å².